The summed E-state index contributed by atoms with van der Waals surface area (Å²) in [6.07, 6.45) is 5.60. The first-order valence-corrected chi connectivity index (χ1v) is 3.80. The Morgan fingerprint density at radius 3 is 2.73 bits per heavy atom. The zero-order valence-corrected chi connectivity index (χ0v) is 6.55. The Labute approximate surface area is 65.5 Å². The molecule has 0 atom stereocenters. The largest absolute Gasteiger partial charge is 0.255 e. The van der Waals surface area contributed by atoms with Crippen molar-refractivity contribution >= 4 is 0 Å². The minimum atomic E-state index is -0.430. The van der Waals surface area contributed by atoms with E-state index in [9.17, 15) is 4.39 Å². The summed E-state index contributed by atoms with van der Waals surface area (Å²) in [4.78, 5) is 7.38. The molecule has 0 aromatic carbocycles. The average molecular weight is 154 g/mol. The Hall–Kier alpha value is -0.990. The molecule has 1 aromatic rings. The van der Waals surface area contributed by atoms with Crippen molar-refractivity contribution in [2.45, 2.75) is 26.2 Å². The van der Waals surface area contributed by atoms with Gasteiger partial charge in [-0.05, 0) is 12.8 Å². The summed E-state index contributed by atoms with van der Waals surface area (Å²) in [6.45, 7) is 2.06. The fraction of sp³-hybridized carbons (Fsp3) is 0.500. The molecule has 11 heavy (non-hydrogen) atoms. The Balaban J connectivity index is 2.62. The zero-order chi connectivity index (χ0) is 8.10. The Morgan fingerprint density at radius 2 is 2.09 bits per heavy atom. The highest BCUT2D eigenvalue weighted by molar-refractivity contribution is 4.97. The monoisotopic (exact) mass is 154 g/mol. The van der Waals surface area contributed by atoms with Crippen LogP contribution in [0.4, 0.5) is 4.39 Å². The standard InChI is InChI=1S/C8H11FN2/c1-2-3-4-7-8(9)11-6-5-10-7/h5-6H,2-4H2,1H3. The van der Waals surface area contributed by atoms with Crippen molar-refractivity contribution < 1.29 is 4.39 Å². The summed E-state index contributed by atoms with van der Waals surface area (Å²) in [6, 6.07) is 0. The molecule has 1 rings (SSSR count). The van der Waals surface area contributed by atoms with Crippen LogP contribution in [0.5, 0.6) is 0 Å². The van der Waals surface area contributed by atoms with Crippen LogP contribution in [0.25, 0.3) is 0 Å². The second kappa shape index (κ2) is 4.01. The number of hydrogen-bond acceptors (Lipinski definition) is 2. The maximum Gasteiger partial charge on any atom is 0.234 e. The van der Waals surface area contributed by atoms with E-state index in [-0.39, 0.29) is 0 Å². The van der Waals surface area contributed by atoms with Gasteiger partial charge in [-0.25, -0.2) is 4.98 Å². The number of aryl methyl sites for hydroxylation is 1. The van der Waals surface area contributed by atoms with Gasteiger partial charge in [-0.15, -0.1) is 0 Å². The van der Waals surface area contributed by atoms with E-state index in [0.29, 0.717) is 12.1 Å². The molecule has 0 radical (unpaired) electrons. The number of unbranched alkanes of at least 4 members (excludes halogenated alkanes) is 1. The summed E-state index contributed by atoms with van der Waals surface area (Å²) in [7, 11) is 0. The predicted octanol–water partition coefficient (Wildman–Crippen LogP) is 1.96. The molecule has 0 aliphatic carbocycles. The second-order valence-corrected chi connectivity index (χ2v) is 2.40. The smallest absolute Gasteiger partial charge is 0.234 e. The third-order valence-corrected chi connectivity index (χ3v) is 1.49. The van der Waals surface area contributed by atoms with Gasteiger partial charge >= 0.3 is 0 Å². The Kier molecular flexibility index (Phi) is 2.95. The molecule has 0 aliphatic rings. The molecule has 0 spiro atoms. The van der Waals surface area contributed by atoms with Gasteiger partial charge in [0.1, 0.15) is 0 Å². The molecule has 0 N–H and O–H groups in total. The quantitative estimate of drug-likeness (QED) is 0.665. The average Bonchev–Trinajstić information content (AvgIpc) is 2.03. The minimum absolute atomic E-state index is 0.430. The van der Waals surface area contributed by atoms with Crippen LogP contribution in [0.3, 0.4) is 0 Å². The van der Waals surface area contributed by atoms with E-state index < -0.39 is 5.95 Å². The first-order valence-electron chi connectivity index (χ1n) is 3.80. The lowest BCUT2D eigenvalue weighted by molar-refractivity contribution is 0.549. The second-order valence-electron chi connectivity index (χ2n) is 2.40. The maximum absolute atomic E-state index is 12.7. The lowest BCUT2D eigenvalue weighted by atomic mass is 10.2. The van der Waals surface area contributed by atoms with E-state index in [1.165, 1.54) is 12.4 Å². The van der Waals surface area contributed by atoms with Crippen LogP contribution < -0.4 is 0 Å². The number of nitrogens with zero attached hydrogens (tertiary/aromatic N) is 2. The number of hydrogen-bond donors (Lipinski definition) is 0. The van der Waals surface area contributed by atoms with Crippen LogP contribution in [0.2, 0.25) is 0 Å². The van der Waals surface area contributed by atoms with Gasteiger partial charge in [-0.2, -0.15) is 4.39 Å². The van der Waals surface area contributed by atoms with Crippen molar-refractivity contribution in [3.63, 3.8) is 0 Å². The molecule has 0 amide bonds. The van der Waals surface area contributed by atoms with E-state index in [0.717, 1.165) is 12.8 Å². The molecule has 3 heteroatoms. The molecule has 0 bridgehead atoms. The lowest BCUT2D eigenvalue weighted by Gasteiger charge is -1.97. The van der Waals surface area contributed by atoms with Gasteiger partial charge in [-0.3, -0.25) is 4.98 Å². The van der Waals surface area contributed by atoms with Gasteiger partial charge < -0.3 is 0 Å². The van der Waals surface area contributed by atoms with Crippen LogP contribution in [0, 0.1) is 5.95 Å². The van der Waals surface area contributed by atoms with Crippen LogP contribution in [-0.4, -0.2) is 9.97 Å². The molecule has 60 valence electrons. The number of halogens is 1. The summed E-state index contributed by atoms with van der Waals surface area (Å²) in [5, 5.41) is 0. The van der Waals surface area contributed by atoms with Crippen LogP contribution in [0.1, 0.15) is 25.5 Å². The van der Waals surface area contributed by atoms with Crippen LogP contribution in [-0.2, 0) is 6.42 Å². The summed E-state index contributed by atoms with van der Waals surface area (Å²) >= 11 is 0. The van der Waals surface area contributed by atoms with E-state index in [1.807, 2.05) is 0 Å². The van der Waals surface area contributed by atoms with Crippen molar-refractivity contribution in [1.82, 2.24) is 9.97 Å². The molecule has 1 aromatic heterocycles. The van der Waals surface area contributed by atoms with E-state index in [1.54, 1.807) is 0 Å². The minimum Gasteiger partial charge on any atom is -0.255 e. The van der Waals surface area contributed by atoms with Gasteiger partial charge in [-0.1, -0.05) is 13.3 Å². The van der Waals surface area contributed by atoms with Crippen molar-refractivity contribution in [3.8, 4) is 0 Å². The summed E-state index contributed by atoms with van der Waals surface area (Å²) in [5.74, 6) is -0.430. The lowest BCUT2D eigenvalue weighted by Crippen LogP contribution is -1.96. The summed E-state index contributed by atoms with van der Waals surface area (Å²) in [5.41, 5.74) is 0.481. The normalized spacial score (nSPS) is 10.0. The number of aromatic nitrogens is 2. The molecule has 0 saturated heterocycles. The van der Waals surface area contributed by atoms with Crippen molar-refractivity contribution in [3.05, 3.63) is 24.0 Å². The van der Waals surface area contributed by atoms with Gasteiger partial charge in [0.05, 0.1) is 5.69 Å². The Morgan fingerprint density at radius 1 is 1.36 bits per heavy atom. The van der Waals surface area contributed by atoms with Gasteiger partial charge in [0, 0.05) is 12.4 Å². The molecule has 0 unspecified atom stereocenters. The highest BCUT2D eigenvalue weighted by atomic mass is 19.1. The summed E-state index contributed by atoms with van der Waals surface area (Å²) < 4.78 is 12.7. The fourth-order valence-electron chi connectivity index (χ4n) is 0.862. The molecular formula is C8H11FN2. The third-order valence-electron chi connectivity index (χ3n) is 1.49. The van der Waals surface area contributed by atoms with Crippen LogP contribution >= 0.6 is 0 Å². The van der Waals surface area contributed by atoms with Crippen molar-refractivity contribution in [2.75, 3.05) is 0 Å². The first kappa shape index (κ1) is 8.11. The SMILES string of the molecule is CCCCc1nccnc1F. The van der Waals surface area contributed by atoms with Crippen molar-refractivity contribution in [2.24, 2.45) is 0 Å². The van der Waals surface area contributed by atoms with Gasteiger partial charge in [0.15, 0.2) is 0 Å². The van der Waals surface area contributed by atoms with Crippen molar-refractivity contribution in [1.29, 1.82) is 0 Å². The Bertz CT molecular complexity index is 225. The highest BCUT2D eigenvalue weighted by Gasteiger charge is 2.01. The maximum atomic E-state index is 12.7. The predicted molar refractivity (Wildman–Crippen MR) is 40.6 cm³/mol. The molecule has 0 fully saturated rings. The molecular weight excluding hydrogens is 143 g/mol. The fourth-order valence-corrected chi connectivity index (χ4v) is 0.862. The highest BCUT2D eigenvalue weighted by Crippen LogP contribution is 2.03. The molecule has 2 nitrogen and oxygen atoms in total. The zero-order valence-electron chi connectivity index (χ0n) is 6.55. The van der Waals surface area contributed by atoms with E-state index in [4.69, 9.17) is 0 Å². The topological polar surface area (TPSA) is 25.8 Å². The van der Waals surface area contributed by atoms with E-state index in [2.05, 4.69) is 16.9 Å². The number of rotatable bonds is 3. The molecule has 0 aliphatic heterocycles. The molecule has 1 heterocycles. The van der Waals surface area contributed by atoms with Gasteiger partial charge in [0.25, 0.3) is 0 Å². The third kappa shape index (κ3) is 2.26. The molecule has 0 saturated carbocycles. The van der Waals surface area contributed by atoms with E-state index >= 15 is 0 Å². The van der Waals surface area contributed by atoms with Crippen LogP contribution in [0.15, 0.2) is 12.4 Å². The first-order chi connectivity index (χ1) is 5.34. The van der Waals surface area contributed by atoms with Gasteiger partial charge in [0.2, 0.25) is 5.95 Å².